The van der Waals surface area contributed by atoms with E-state index >= 15 is 0 Å². The SMILES string of the molecule is CN1CCCC(CCC2(O)CCC2)C1. The van der Waals surface area contributed by atoms with Crippen molar-refractivity contribution in [2.75, 3.05) is 20.1 Å². The topological polar surface area (TPSA) is 23.5 Å². The Morgan fingerprint density at radius 1 is 1.36 bits per heavy atom. The lowest BCUT2D eigenvalue weighted by Gasteiger charge is -2.39. The summed E-state index contributed by atoms with van der Waals surface area (Å²) in [5.74, 6) is 0.846. The van der Waals surface area contributed by atoms with E-state index in [2.05, 4.69) is 11.9 Å². The number of nitrogens with zero attached hydrogens (tertiary/aromatic N) is 1. The summed E-state index contributed by atoms with van der Waals surface area (Å²) >= 11 is 0. The first-order chi connectivity index (χ1) is 6.68. The molecule has 0 spiro atoms. The Labute approximate surface area is 87.3 Å². The van der Waals surface area contributed by atoms with Gasteiger partial charge >= 0.3 is 0 Å². The van der Waals surface area contributed by atoms with Gasteiger partial charge in [0, 0.05) is 6.54 Å². The van der Waals surface area contributed by atoms with Crippen LogP contribution < -0.4 is 0 Å². The van der Waals surface area contributed by atoms with Crippen LogP contribution in [-0.2, 0) is 0 Å². The zero-order valence-electron chi connectivity index (χ0n) is 9.34. The maximum absolute atomic E-state index is 9.99. The average molecular weight is 197 g/mol. The van der Waals surface area contributed by atoms with Crippen molar-refractivity contribution in [2.45, 2.75) is 50.5 Å². The fourth-order valence-corrected chi connectivity index (χ4v) is 2.82. The molecule has 0 amide bonds. The van der Waals surface area contributed by atoms with Crippen molar-refractivity contribution in [2.24, 2.45) is 5.92 Å². The Balaban J connectivity index is 1.69. The standard InChI is InChI=1S/C12H23NO/c1-13-9-2-4-11(10-13)5-8-12(14)6-3-7-12/h11,14H,2-10H2,1H3. The van der Waals surface area contributed by atoms with E-state index in [-0.39, 0.29) is 5.60 Å². The molecule has 1 saturated heterocycles. The summed E-state index contributed by atoms with van der Waals surface area (Å²) in [7, 11) is 2.21. The third-order valence-electron chi connectivity index (χ3n) is 4.02. The molecule has 14 heavy (non-hydrogen) atoms. The van der Waals surface area contributed by atoms with E-state index in [9.17, 15) is 5.11 Å². The highest BCUT2D eigenvalue weighted by atomic mass is 16.3. The molecule has 0 aromatic heterocycles. The smallest absolute Gasteiger partial charge is 0.0648 e. The summed E-state index contributed by atoms with van der Waals surface area (Å²) in [4.78, 5) is 2.43. The molecule has 2 nitrogen and oxygen atoms in total. The van der Waals surface area contributed by atoms with E-state index in [1.54, 1.807) is 0 Å². The third kappa shape index (κ3) is 2.48. The number of likely N-dealkylation sites (tertiary alicyclic amines) is 1. The Morgan fingerprint density at radius 2 is 2.14 bits per heavy atom. The first-order valence-corrected chi connectivity index (χ1v) is 6.09. The van der Waals surface area contributed by atoms with Crippen LogP contribution in [0.15, 0.2) is 0 Å². The zero-order valence-corrected chi connectivity index (χ0v) is 9.34. The highest BCUT2D eigenvalue weighted by molar-refractivity contribution is 4.88. The molecular weight excluding hydrogens is 174 g/mol. The van der Waals surface area contributed by atoms with Gasteiger partial charge in [-0.2, -0.15) is 0 Å². The van der Waals surface area contributed by atoms with Crippen LogP contribution in [0.3, 0.4) is 0 Å². The van der Waals surface area contributed by atoms with E-state index in [1.165, 1.54) is 38.8 Å². The van der Waals surface area contributed by atoms with Crippen molar-refractivity contribution in [1.82, 2.24) is 4.90 Å². The van der Waals surface area contributed by atoms with Gasteiger partial charge in [0.1, 0.15) is 0 Å². The molecule has 1 aliphatic carbocycles. The van der Waals surface area contributed by atoms with Crippen molar-refractivity contribution in [1.29, 1.82) is 0 Å². The molecule has 0 radical (unpaired) electrons. The van der Waals surface area contributed by atoms with Gasteiger partial charge in [0.2, 0.25) is 0 Å². The van der Waals surface area contributed by atoms with Crippen LogP contribution in [-0.4, -0.2) is 35.7 Å². The summed E-state index contributed by atoms with van der Waals surface area (Å²) in [5, 5.41) is 9.99. The van der Waals surface area contributed by atoms with Gasteiger partial charge in [0.15, 0.2) is 0 Å². The van der Waals surface area contributed by atoms with E-state index < -0.39 is 0 Å². The van der Waals surface area contributed by atoms with Gasteiger partial charge in [-0.1, -0.05) is 0 Å². The molecule has 1 saturated carbocycles. The minimum Gasteiger partial charge on any atom is -0.390 e. The van der Waals surface area contributed by atoms with Gasteiger partial charge < -0.3 is 10.0 Å². The molecule has 1 heterocycles. The highest BCUT2D eigenvalue weighted by Gasteiger charge is 2.34. The molecule has 1 N–H and O–H groups in total. The minimum absolute atomic E-state index is 0.254. The van der Waals surface area contributed by atoms with Crippen molar-refractivity contribution in [3.8, 4) is 0 Å². The second-order valence-corrected chi connectivity index (χ2v) is 5.39. The van der Waals surface area contributed by atoms with E-state index in [0.29, 0.717) is 0 Å². The Kier molecular flexibility index (Phi) is 3.13. The maximum atomic E-state index is 9.99. The molecule has 82 valence electrons. The Morgan fingerprint density at radius 3 is 2.71 bits per heavy atom. The molecule has 2 heteroatoms. The van der Waals surface area contributed by atoms with Gasteiger partial charge in [-0.25, -0.2) is 0 Å². The normalized spacial score (nSPS) is 32.6. The molecule has 2 rings (SSSR count). The van der Waals surface area contributed by atoms with E-state index in [1.807, 2.05) is 0 Å². The molecule has 0 aromatic rings. The number of piperidine rings is 1. The lowest BCUT2D eigenvalue weighted by atomic mass is 9.75. The molecule has 0 bridgehead atoms. The van der Waals surface area contributed by atoms with Gasteiger partial charge in [0.25, 0.3) is 0 Å². The number of hydrogen-bond donors (Lipinski definition) is 1. The van der Waals surface area contributed by atoms with E-state index in [4.69, 9.17) is 0 Å². The highest BCUT2D eigenvalue weighted by Crippen LogP contribution is 2.37. The van der Waals surface area contributed by atoms with Crippen LogP contribution in [0.4, 0.5) is 0 Å². The van der Waals surface area contributed by atoms with Gasteiger partial charge in [-0.05, 0) is 64.5 Å². The average Bonchev–Trinajstić information content (AvgIpc) is 2.12. The summed E-state index contributed by atoms with van der Waals surface area (Å²) < 4.78 is 0. The van der Waals surface area contributed by atoms with Crippen LogP contribution in [0.1, 0.15) is 44.9 Å². The second-order valence-electron chi connectivity index (χ2n) is 5.39. The van der Waals surface area contributed by atoms with Gasteiger partial charge in [-0.15, -0.1) is 0 Å². The second kappa shape index (κ2) is 4.19. The predicted molar refractivity (Wildman–Crippen MR) is 58.3 cm³/mol. The van der Waals surface area contributed by atoms with Crippen molar-refractivity contribution in [3.63, 3.8) is 0 Å². The fraction of sp³-hybridized carbons (Fsp3) is 1.00. The molecule has 1 aliphatic heterocycles. The molecule has 1 unspecified atom stereocenters. The monoisotopic (exact) mass is 197 g/mol. The van der Waals surface area contributed by atoms with Crippen LogP contribution in [0.2, 0.25) is 0 Å². The number of hydrogen-bond acceptors (Lipinski definition) is 2. The van der Waals surface area contributed by atoms with E-state index in [0.717, 1.165) is 25.2 Å². The van der Waals surface area contributed by atoms with Crippen molar-refractivity contribution < 1.29 is 5.11 Å². The summed E-state index contributed by atoms with van der Waals surface area (Å²) in [5.41, 5.74) is -0.254. The summed E-state index contributed by atoms with van der Waals surface area (Å²) in [6, 6.07) is 0. The van der Waals surface area contributed by atoms with Gasteiger partial charge in [-0.3, -0.25) is 0 Å². The number of rotatable bonds is 3. The maximum Gasteiger partial charge on any atom is 0.0648 e. The van der Waals surface area contributed by atoms with Crippen LogP contribution >= 0.6 is 0 Å². The third-order valence-corrected chi connectivity index (χ3v) is 4.02. The lowest BCUT2D eigenvalue weighted by molar-refractivity contribution is -0.0462. The lowest BCUT2D eigenvalue weighted by Crippen LogP contribution is -2.38. The van der Waals surface area contributed by atoms with Crippen molar-refractivity contribution >= 4 is 0 Å². The first-order valence-electron chi connectivity index (χ1n) is 6.09. The Bertz CT molecular complexity index is 189. The quantitative estimate of drug-likeness (QED) is 0.748. The molecule has 1 atom stereocenters. The van der Waals surface area contributed by atoms with Crippen molar-refractivity contribution in [3.05, 3.63) is 0 Å². The minimum atomic E-state index is -0.254. The predicted octanol–water partition coefficient (Wildman–Crippen LogP) is 2.02. The largest absolute Gasteiger partial charge is 0.390 e. The molecule has 2 fully saturated rings. The molecule has 2 aliphatic rings. The molecular formula is C12H23NO. The Hall–Kier alpha value is -0.0800. The van der Waals surface area contributed by atoms with Crippen LogP contribution in [0.25, 0.3) is 0 Å². The molecule has 0 aromatic carbocycles. The zero-order chi connectivity index (χ0) is 10.0. The first kappa shape index (κ1) is 10.4. The fourth-order valence-electron chi connectivity index (χ4n) is 2.82. The summed E-state index contributed by atoms with van der Waals surface area (Å²) in [6.45, 7) is 2.51. The van der Waals surface area contributed by atoms with Crippen LogP contribution in [0.5, 0.6) is 0 Å². The summed E-state index contributed by atoms with van der Waals surface area (Å²) in [6.07, 6.45) is 8.35. The van der Waals surface area contributed by atoms with Crippen LogP contribution in [0, 0.1) is 5.92 Å². The number of aliphatic hydroxyl groups is 1. The van der Waals surface area contributed by atoms with Gasteiger partial charge in [0.05, 0.1) is 5.60 Å².